The number of carbonyl (C=O) groups is 1. The molecule has 0 aliphatic rings. The molecule has 0 saturated heterocycles. The maximum Gasteiger partial charge on any atom is 0.143 e. The maximum absolute atomic E-state index is 13.4. The summed E-state index contributed by atoms with van der Waals surface area (Å²) < 4.78 is 13.4. The largest absolute Gasteiger partial charge is 0.299 e. The van der Waals surface area contributed by atoms with Crippen molar-refractivity contribution in [1.29, 1.82) is 0 Å². The number of benzene rings is 1. The summed E-state index contributed by atoms with van der Waals surface area (Å²) in [6.07, 6.45) is 7.20. The second-order valence-electron chi connectivity index (χ2n) is 7.08. The van der Waals surface area contributed by atoms with E-state index in [1.54, 1.807) is 36.9 Å². The van der Waals surface area contributed by atoms with E-state index in [9.17, 15) is 9.18 Å². The minimum Gasteiger partial charge on any atom is -0.299 e. The Hall–Kier alpha value is -3.80. The van der Waals surface area contributed by atoms with E-state index in [2.05, 4.69) is 20.2 Å². The van der Waals surface area contributed by atoms with Crippen LogP contribution in [-0.4, -0.2) is 25.9 Å². The van der Waals surface area contributed by atoms with Crippen molar-refractivity contribution in [3.8, 4) is 22.4 Å². The van der Waals surface area contributed by atoms with Crippen LogP contribution in [0.4, 0.5) is 4.39 Å². The molecule has 0 fully saturated rings. The van der Waals surface area contributed by atoms with E-state index >= 15 is 0 Å². The number of nitrogens with zero attached hydrogens (tertiary/aromatic N) is 4. The zero-order valence-electron chi connectivity index (χ0n) is 16.4. The number of carbonyl (C=O) groups excluding carboxylic acids is 1. The maximum atomic E-state index is 13.4. The molecule has 0 radical (unpaired) electrons. The summed E-state index contributed by atoms with van der Waals surface area (Å²) in [6, 6.07) is 13.8. The lowest BCUT2D eigenvalue weighted by Crippen LogP contribution is -2.08. The van der Waals surface area contributed by atoms with Gasteiger partial charge in [-0.25, -0.2) is 4.39 Å². The van der Waals surface area contributed by atoms with Gasteiger partial charge in [-0.15, -0.1) is 0 Å². The van der Waals surface area contributed by atoms with Crippen molar-refractivity contribution in [2.45, 2.75) is 19.8 Å². The molecule has 3 heterocycles. The van der Waals surface area contributed by atoms with Gasteiger partial charge >= 0.3 is 0 Å². The van der Waals surface area contributed by atoms with Crippen LogP contribution in [0.15, 0.2) is 73.3 Å². The molecule has 3 aromatic heterocycles. The molecule has 1 aromatic carbocycles. The molecule has 0 unspecified atom stereocenters. The number of aryl methyl sites for hydroxylation is 1. The van der Waals surface area contributed by atoms with Crippen molar-refractivity contribution >= 4 is 5.78 Å². The Morgan fingerprint density at radius 1 is 0.867 bits per heavy atom. The van der Waals surface area contributed by atoms with Crippen molar-refractivity contribution in [1.82, 2.24) is 20.2 Å². The number of hydrogen-bond acceptors (Lipinski definition) is 5. The molecule has 148 valence electrons. The van der Waals surface area contributed by atoms with Gasteiger partial charge in [0.1, 0.15) is 11.6 Å². The standard InChI is InChI=1S/C24H19FN4O/c1-16-9-17(13-27-24(16)20-7-8-28-29-15-20)10-23(30)12-22-6-5-19(14-26-22)18-3-2-4-21(25)11-18/h2-9,11,13-15H,10,12H2,1H3. The summed E-state index contributed by atoms with van der Waals surface area (Å²) in [5.41, 5.74) is 5.81. The molecule has 30 heavy (non-hydrogen) atoms. The van der Waals surface area contributed by atoms with Crippen LogP contribution >= 0.6 is 0 Å². The number of rotatable bonds is 6. The first kappa shape index (κ1) is 19.5. The quantitative estimate of drug-likeness (QED) is 0.481. The van der Waals surface area contributed by atoms with E-state index in [4.69, 9.17) is 0 Å². The Labute approximate surface area is 173 Å². The number of ketones is 1. The molecule has 0 spiro atoms. The van der Waals surface area contributed by atoms with Crippen molar-refractivity contribution in [3.63, 3.8) is 0 Å². The highest BCUT2D eigenvalue weighted by atomic mass is 19.1. The van der Waals surface area contributed by atoms with Gasteiger partial charge in [0.15, 0.2) is 0 Å². The van der Waals surface area contributed by atoms with Gasteiger partial charge in [-0.05, 0) is 47.9 Å². The molecule has 0 aliphatic carbocycles. The number of halogens is 1. The monoisotopic (exact) mass is 398 g/mol. The van der Waals surface area contributed by atoms with Gasteiger partial charge in [0, 0.05) is 42.1 Å². The van der Waals surface area contributed by atoms with Gasteiger partial charge in [0.05, 0.1) is 18.1 Å². The van der Waals surface area contributed by atoms with Crippen LogP contribution in [0.25, 0.3) is 22.4 Å². The summed E-state index contributed by atoms with van der Waals surface area (Å²) in [6.45, 7) is 1.96. The lowest BCUT2D eigenvalue weighted by Gasteiger charge is -2.07. The molecule has 6 heteroatoms. The van der Waals surface area contributed by atoms with Crippen LogP contribution < -0.4 is 0 Å². The van der Waals surface area contributed by atoms with Crippen molar-refractivity contribution < 1.29 is 9.18 Å². The average Bonchev–Trinajstić information content (AvgIpc) is 2.75. The predicted molar refractivity (Wildman–Crippen MR) is 112 cm³/mol. The topological polar surface area (TPSA) is 68.6 Å². The van der Waals surface area contributed by atoms with Crippen molar-refractivity contribution in [3.05, 3.63) is 96.0 Å². The minimum absolute atomic E-state index is 0.0560. The highest BCUT2D eigenvalue weighted by Gasteiger charge is 2.10. The second kappa shape index (κ2) is 8.69. The Morgan fingerprint density at radius 2 is 1.77 bits per heavy atom. The Bertz CT molecular complexity index is 1180. The van der Waals surface area contributed by atoms with E-state index in [0.29, 0.717) is 5.69 Å². The van der Waals surface area contributed by atoms with Crippen LogP contribution in [0, 0.1) is 12.7 Å². The molecule has 0 atom stereocenters. The summed E-state index contributed by atoms with van der Waals surface area (Å²) in [4.78, 5) is 21.4. The third-order valence-corrected chi connectivity index (χ3v) is 4.75. The number of pyridine rings is 2. The lowest BCUT2D eigenvalue weighted by atomic mass is 10.0. The fraction of sp³-hybridized carbons (Fsp3) is 0.125. The van der Waals surface area contributed by atoms with Crippen LogP contribution in [0.1, 0.15) is 16.8 Å². The second-order valence-corrected chi connectivity index (χ2v) is 7.08. The van der Waals surface area contributed by atoms with Crippen LogP contribution in [0.3, 0.4) is 0 Å². The predicted octanol–water partition coefficient (Wildman–Crippen LogP) is 4.40. The fourth-order valence-corrected chi connectivity index (χ4v) is 3.32. The van der Waals surface area contributed by atoms with Gasteiger partial charge in [-0.3, -0.25) is 14.8 Å². The normalized spacial score (nSPS) is 10.7. The summed E-state index contributed by atoms with van der Waals surface area (Å²) >= 11 is 0. The van der Waals surface area contributed by atoms with E-state index in [-0.39, 0.29) is 24.4 Å². The lowest BCUT2D eigenvalue weighted by molar-refractivity contribution is -0.117. The smallest absolute Gasteiger partial charge is 0.143 e. The first-order valence-corrected chi connectivity index (χ1v) is 9.53. The van der Waals surface area contributed by atoms with Gasteiger partial charge in [-0.1, -0.05) is 24.3 Å². The molecule has 4 rings (SSSR count). The zero-order valence-corrected chi connectivity index (χ0v) is 16.4. The number of Topliss-reactive ketones (excluding diaryl/α,β-unsaturated/α-hetero) is 1. The Balaban J connectivity index is 1.42. The fourth-order valence-electron chi connectivity index (χ4n) is 3.32. The zero-order chi connectivity index (χ0) is 20.9. The number of hydrogen-bond donors (Lipinski definition) is 0. The Kier molecular flexibility index (Phi) is 5.66. The third kappa shape index (κ3) is 4.60. The van der Waals surface area contributed by atoms with Crippen LogP contribution in [-0.2, 0) is 17.6 Å². The molecule has 0 bridgehead atoms. The van der Waals surface area contributed by atoms with Crippen LogP contribution in [0.5, 0.6) is 0 Å². The molecule has 0 aliphatic heterocycles. The van der Waals surface area contributed by atoms with Gasteiger partial charge in [0.25, 0.3) is 0 Å². The summed E-state index contributed by atoms with van der Waals surface area (Å²) in [7, 11) is 0. The van der Waals surface area contributed by atoms with E-state index in [0.717, 1.165) is 33.5 Å². The van der Waals surface area contributed by atoms with Crippen LogP contribution in [0.2, 0.25) is 0 Å². The SMILES string of the molecule is Cc1cc(CC(=O)Cc2ccc(-c3cccc(F)c3)cn2)cnc1-c1ccnnc1. The van der Waals surface area contributed by atoms with Gasteiger partial charge < -0.3 is 0 Å². The average molecular weight is 398 g/mol. The highest BCUT2D eigenvalue weighted by molar-refractivity contribution is 5.83. The first-order valence-electron chi connectivity index (χ1n) is 9.53. The molecule has 0 amide bonds. The molecular formula is C24H19FN4O. The molecular weight excluding hydrogens is 379 g/mol. The molecule has 0 N–H and O–H groups in total. The van der Waals surface area contributed by atoms with Gasteiger partial charge in [-0.2, -0.15) is 10.2 Å². The van der Waals surface area contributed by atoms with E-state index in [1.807, 2.05) is 31.2 Å². The van der Waals surface area contributed by atoms with Gasteiger partial charge in [0.2, 0.25) is 0 Å². The minimum atomic E-state index is -0.290. The highest BCUT2D eigenvalue weighted by Crippen LogP contribution is 2.21. The number of aromatic nitrogens is 4. The molecule has 4 aromatic rings. The van der Waals surface area contributed by atoms with Crippen molar-refractivity contribution in [2.75, 3.05) is 0 Å². The molecule has 0 saturated carbocycles. The molecule has 5 nitrogen and oxygen atoms in total. The van der Waals surface area contributed by atoms with E-state index in [1.165, 1.54) is 12.1 Å². The Morgan fingerprint density at radius 3 is 2.47 bits per heavy atom. The summed E-state index contributed by atoms with van der Waals surface area (Å²) in [5, 5.41) is 7.66. The van der Waals surface area contributed by atoms with E-state index < -0.39 is 0 Å². The third-order valence-electron chi connectivity index (χ3n) is 4.75. The first-order chi connectivity index (χ1) is 14.6. The van der Waals surface area contributed by atoms with Crippen molar-refractivity contribution in [2.24, 2.45) is 0 Å². The summed E-state index contributed by atoms with van der Waals surface area (Å²) in [5.74, 6) is -0.234.